The second-order valence-electron chi connectivity index (χ2n) is 8.47. The minimum absolute atomic E-state index is 0.171. The largest absolute Gasteiger partial charge is 0.370 e. The number of primary amides is 1. The van der Waals surface area contributed by atoms with Gasteiger partial charge in [-0.2, -0.15) is 5.10 Å². The maximum Gasteiger partial charge on any atom is 0.263 e. The maximum absolute atomic E-state index is 12.8. The van der Waals surface area contributed by atoms with Gasteiger partial charge in [-0.25, -0.2) is 9.97 Å². The van der Waals surface area contributed by atoms with Crippen molar-refractivity contribution in [3.8, 4) is 22.5 Å². The zero-order valence-corrected chi connectivity index (χ0v) is 20.6. The van der Waals surface area contributed by atoms with E-state index in [9.17, 15) is 9.59 Å². The van der Waals surface area contributed by atoms with E-state index >= 15 is 0 Å². The smallest absolute Gasteiger partial charge is 0.263 e. The number of benzene rings is 1. The van der Waals surface area contributed by atoms with Gasteiger partial charge >= 0.3 is 0 Å². The number of aryl methyl sites for hydroxylation is 2. The van der Waals surface area contributed by atoms with Crippen LogP contribution in [0.15, 0.2) is 48.9 Å². The molecule has 10 heteroatoms. The van der Waals surface area contributed by atoms with Gasteiger partial charge in [-0.1, -0.05) is 37.1 Å². The first-order chi connectivity index (χ1) is 16.9. The molecule has 0 aliphatic carbocycles. The molecule has 3 heterocycles. The Morgan fingerprint density at radius 1 is 1.09 bits per heavy atom. The minimum Gasteiger partial charge on any atom is -0.370 e. The Morgan fingerprint density at radius 2 is 1.86 bits per heavy atom. The van der Waals surface area contributed by atoms with E-state index in [1.807, 2.05) is 50.5 Å². The number of aromatic nitrogens is 5. The number of thiazole rings is 1. The normalized spacial score (nSPS) is 11.9. The van der Waals surface area contributed by atoms with Gasteiger partial charge in [0.25, 0.3) is 5.91 Å². The molecule has 0 aliphatic heterocycles. The monoisotopic (exact) mass is 491 g/mol. The maximum atomic E-state index is 12.8. The Labute approximate surface area is 207 Å². The van der Waals surface area contributed by atoms with E-state index in [1.54, 1.807) is 17.1 Å². The number of H-pyrrole nitrogens is 1. The van der Waals surface area contributed by atoms with Crippen molar-refractivity contribution in [1.82, 2.24) is 30.0 Å². The van der Waals surface area contributed by atoms with E-state index in [0.29, 0.717) is 23.5 Å². The van der Waals surface area contributed by atoms with Gasteiger partial charge in [-0.05, 0) is 31.4 Å². The van der Waals surface area contributed by atoms with Crippen LogP contribution in [0.3, 0.4) is 0 Å². The van der Waals surface area contributed by atoms with Gasteiger partial charge in [0, 0.05) is 25.2 Å². The van der Waals surface area contributed by atoms with Gasteiger partial charge in [-0.15, -0.1) is 11.3 Å². The fourth-order valence-electron chi connectivity index (χ4n) is 3.85. The third-order valence-corrected chi connectivity index (χ3v) is 6.61. The lowest BCUT2D eigenvalue weighted by atomic mass is 10.1. The standard InChI is InChI=1S/C25H29N7O2S/c1-16-27-15-22(35-16)25(34)30-20(6-4-3-5-7-23(26)33)24-28-14-21(29-24)18-10-8-17(9-11-18)19-12-13-32(2)31-19/h8-15,20H,3-7H2,1-2H3,(H2,26,33)(H,28,29)(H,30,34)/t20-/m0/s1. The third kappa shape index (κ3) is 6.42. The first kappa shape index (κ1) is 24.3. The lowest BCUT2D eigenvalue weighted by Gasteiger charge is -2.16. The topological polar surface area (TPSA) is 132 Å². The summed E-state index contributed by atoms with van der Waals surface area (Å²) in [5.74, 6) is 0.230. The number of amides is 2. The van der Waals surface area contributed by atoms with Crippen molar-refractivity contribution in [2.24, 2.45) is 12.8 Å². The highest BCUT2D eigenvalue weighted by Gasteiger charge is 2.20. The summed E-state index contributed by atoms with van der Waals surface area (Å²) in [5.41, 5.74) is 9.06. The fraction of sp³-hybridized carbons (Fsp3) is 0.320. The molecule has 0 bridgehead atoms. The second kappa shape index (κ2) is 11.1. The lowest BCUT2D eigenvalue weighted by molar-refractivity contribution is -0.118. The Bertz CT molecular complexity index is 1290. The number of carbonyl (C=O) groups excluding carboxylic acids is 2. The number of hydrogen-bond acceptors (Lipinski definition) is 6. The first-order valence-corrected chi connectivity index (χ1v) is 12.4. The Balaban J connectivity index is 1.47. The molecular weight excluding hydrogens is 462 g/mol. The minimum atomic E-state index is -0.292. The van der Waals surface area contributed by atoms with E-state index in [4.69, 9.17) is 5.73 Å². The summed E-state index contributed by atoms with van der Waals surface area (Å²) in [4.78, 5) is 36.5. The van der Waals surface area contributed by atoms with Crippen LogP contribution in [0.25, 0.3) is 22.5 Å². The molecule has 1 atom stereocenters. The summed E-state index contributed by atoms with van der Waals surface area (Å²) in [6, 6.07) is 9.80. The average molecular weight is 492 g/mol. The molecule has 182 valence electrons. The summed E-state index contributed by atoms with van der Waals surface area (Å²) in [7, 11) is 1.90. The molecule has 35 heavy (non-hydrogen) atoms. The van der Waals surface area contributed by atoms with Crippen LogP contribution in [0.1, 0.15) is 58.6 Å². The molecule has 0 fully saturated rings. The van der Waals surface area contributed by atoms with Gasteiger partial charge in [0.1, 0.15) is 10.7 Å². The summed E-state index contributed by atoms with van der Waals surface area (Å²) < 4.78 is 1.78. The quantitative estimate of drug-likeness (QED) is 0.271. The van der Waals surface area contributed by atoms with Crippen LogP contribution in [0, 0.1) is 6.92 Å². The highest BCUT2D eigenvalue weighted by molar-refractivity contribution is 7.13. The number of imidazole rings is 1. The number of rotatable bonds is 11. The van der Waals surface area contributed by atoms with E-state index in [-0.39, 0.29) is 17.9 Å². The highest BCUT2D eigenvalue weighted by atomic mass is 32.1. The van der Waals surface area contributed by atoms with Crippen molar-refractivity contribution in [1.29, 1.82) is 0 Å². The summed E-state index contributed by atoms with van der Waals surface area (Å²) in [6.45, 7) is 1.87. The average Bonchev–Trinajstić information content (AvgIpc) is 3.59. The molecule has 0 saturated carbocycles. The van der Waals surface area contributed by atoms with Crippen LogP contribution in [-0.2, 0) is 11.8 Å². The number of nitrogens with zero attached hydrogens (tertiary/aromatic N) is 4. The molecule has 3 aromatic heterocycles. The zero-order chi connectivity index (χ0) is 24.8. The van der Waals surface area contributed by atoms with Crippen molar-refractivity contribution in [2.45, 2.75) is 45.1 Å². The Morgan fingerprint density at radius 3 is 2.51 bits per heavy atom. The molecule has 1 aromatic carbocycles. The molecule has 9 nitrogen and oxygen atoms in total. The number of carbonyl (C=O) groups is 2. The molecule has 0 unspecified atom stereocenters. The van der Waals surface area contributed by atoms with Crippen molar-refractivity contribution in [3.63, 3.8) is 0 Å². The molecule has 0 saturated heterocycles. The molecule has 4 aromatic rings. The zero-order valence-electron chi connectivity index (χ0n) is 19.8. The number of nitrogens with one attached hydrogen (secondary N) is 2. The van der Waals surface area contributed by atoms with Crippen LogP contribution < -0.4 is 11.1 Å². The molecule has 0 aliphatic rings. The molecule has 0 spiro atoms. The number of unbranched alkanes of at least 4 members (excludes halogenated alkanes) is 2. The number of nitrogens with two attached hydrogens (primary N) is 1. The van der Waals surface area contributed by atoms with Crippen molar-refractivity contribution in [3.05, 3.63) is 64.6 Å². The molecule has 4 rings (SSSR count). The highest BCUT2D eigenvalue weighted by Crippen LogP contribution is 2.26. The van der Waals surface area contributed by atoms with Gasteiger partial charge in [0.05, 0.1) is 34.8 Å². The van der Waals surface area contributed by atoms with Gasteiger partial charge in [0.15, 0.2) is 0 Å². The first-order valence-electron chi connectivity index (χ1n) is 11.6. The van der Waals surface area contributed by atoms with Crippen LogP contribution in [0.5, 0.6) is 0 Å². The van der Waals surface area contributed by atoms with Crippen molar-refractivity contribution >= 4 is 23.2 Å². The second-order valence-corrected chi connectivity index (χ2v) is 9.70. The van der Waals surface area contributed by atoms with Gasteiger partial charge in [0.2, 0.25) is 5.91 Å². The number of hydrogen-bond donors (Lipinski definition) is 3. The van der Waals surface area contributed by atoms with Crippen LogP contribution in [0.4, 0.5) is 0 Å². The molecular formula is C25H29N7O2S. The predicted octanol–water partition coefficient (Wildman–Crippen LogP) is 4.15. The Kier molecular flexibility index (Phi) is 7.71. The molecule has 0 radical (unpaired) electrons. The summed E-state index contributed by atoms with van der Waals surface area (Å²) in [5, 5.41) is 8.38. The Hall–Kier alpha value is -3.79. The van der Waals surface area contributed by atoms with Gasteiger partial charge in [-0.3, -0.25) is 14.3 Å². The summed E-state index contributed by atoms with van der Waals surface area (Å²) in [6.07, 6.45) is 8.76. The summed E-state index contributed by atoms with van der Waals surface area (Å²) >= 11 is 1.36. The van der Waals surface area contributed by atoms with Crippen LogP contribution in [0.2, 0.25) is 0 Å². The van der Waals surface area contributed by atoms with E-state index in [1.165, 1.54) is 11.3 Å². The molecule has 4 N–H and O–H groups in total. The third-order valence-electron chi connectivity index (χ3n) is 5.70. The molecule has 2 amide bonds. The predicted molar refractivity (Wildman–Crippen MR) is 136 cm³/mol. The van der Waals surface area contributed by atoms with E-state index < -0.39 is 0 Å². The lowest BCUT2D eigenvalue weighted by Crippen LogP contribution is -2.28. The van der Waals surface area contributed by atoms with Crippen molar-refractivity contribution in [2.75, 3.05) is 0 Å². The van der Waals surface area contributed by atoms with E-state index in [0.717, 1.165) is 46.8 Å². The fourth-order valence-corrected chi connectivity index (χ4v) is 4.53. The number of aromatic amines is 1. The van der Waals surface area contributed by atoms with Crippen LogP contribution >= 0.6 is 11.3 Å². The van der Waals surface area contributed by atoms with Gasteiger partial charge < -0.3 is 16.0 Å². The van der Waals surface area contributed by atoms with Crippen LogP contribution in [-0.4, -0.2) is 36.5 Å². The van der Waals surface area contributed by atoms with E-state index in [2.05, 4.69) is 25.4 Å². The van der Waals surface area contributed by atoms with Crippen molar-refractivity contribution < 1.29 is 9.59 Å². The SMILES string of the molecule is Cc1ncc(C(=O)N[C@@H](CCCCCC(N)=O)c2ncc(-c3ccc(-c4ccn(C)n4)cc3)[nH]2)s1.